The third kappa shape index (κ3) is 3.33. The molecule has 0 radical (unpaired) electrons. The number of ether oxygens (including phenoxy) is 2. The predicted molar refractivity (Wildman–Crippen MR) is 86.5 cm³/mol. The van der Waals surface area contributed by atoms with Crippen LogP contribution in [0.1, 0.15) is 26.0 Å². The molecule has 20 heavy (non-hydrogen) atoms. The van der Waals surface area contributed by atoms with Gasteiger partial charge in [0.2, 0.25) is 0 Å². The molecule has 5 heteroatoms. The molecule has 3 nitrogen and oxygen atoms in total. The molecule has 108 valence electrons. The van der Waals surface area contributed by atoms with E-state index in [1.807, 2.05) is 19.1 Å². The number of halogens is 1. The van der Waals surface area contributed by atoms with E-state index in [0.717, 1.165) is 28.6 Å². The molecule has 0 saturated heterocycles. The summed E-state index contributed by atoms with van der Waals surface area (Å²) in [6.07, 6.45) is 0.892. The molecule has 2 rings (SSSR count). The maximum absolute atomic E-state index is 5.34. The SMILES string of the molecule is COc1ccc(CC(Br)c2sc(C)nc2C)cc1OC. The smallest absolute Gasteiger partial charge is 0.160 e. The zero-order chi connectivity index (χ0) is 14.7. The van der Waals surface area contributed by atoms with Crippen LogP contribution in [0.15, 0.2) is 18.2 Å². The van der Waals surface area contributed by atoms with Gasteiger partial charge in [-0.3, -0.25) is 0 Å². The van der Waals surface area contributed by atoms with Gasteiger partial charge in [-0.1, -0.05) is 22.0 Å². The molecule has 1 unspecified atom stereocenters. The maximum atomic E-state index is 5.34. The monoisotopic (exact) mass is 355 g/mol. The van der Waals surface area contributed by atoms with Crippen molar-refractivity contribution >= 4 is 27.3 Å². The number of hydrogen-bond donors (Lipinski definition) is 0. The fourth-order valence-corrected chi connectivity index (χ4v) is 4.04. The summed E-state index contributed by atoms with van der Waals surface area (Å²) < 4.78 is 10.6. The zero-order valence-corrected chi connectivity index (χ0v) is 14.5. The van der Waals surface area contributed by atoms with Crippen LogP contribution in [-0.2, 0) is 6.42 Å². The van der Waals surface area contributed by atoms with E-state index in [2.05, 4.69) is 33.9 Å². The van der Waals surface area contributed by atoms with Crippen molar-refractivity contribution in [2.24, 2.45) is 0 Å². The Kier molecular flexibility index (Phi) is 5.05. The molecule has 0 fully saturated rings. The summed E-state index contributed by atoms with van der Waals surface area (Å²) in [6, 6.07) is 6.04. The van der Waals surface area contributed by atoms with Crippen molar-refractivity contribution in [1.29, 1.82) is 0 Å². The van der Waals surface area contributed by atoms with Crippen molar-refractivity contribution in [2.75, 3.05) is 14.2 Å². The van der Waals surface area contributed by atoms with Crippen LogP contribution in [0.3, 0.4) is 0 Å². The molecule has 0 amide bonds. The Labute approximate surface area is 132 Å². The Bertz CT molecular complexity index is 598. The topological polar surface area (TPSA) is 31.4 Å². The average Bonchev–Trinajstić information content (AvgIpc) is 2.77. The predicted octanol–water partition coefficient (Wildman–Crippen LogP) is 4.46. The Morgan fingerprint density at radius 3 is 2.45 bits per heavy atom. The third-order valence-corrected chi connectivity index (χ3v) is 5.36. The minimum atomic E-state index is 0.270. The molecule has 2 aromatic rings. The summed E-state index contributed by atoms with van der Waals surface area (Å²) in [4.78, 5) is 6.04. The standard InChI is InChI=1S/C15H18BrNO2S/c1-9-15(20-10(2)17-9)12(16)7-11-5-6-13(18-3)14(8-11)19-4/h5-6,8,12H,7H2,1-4H3. The summed E-state index contributed by atoms with van der Waals surface area (Å²) in [5.74, 6) is 1.52. The van der Waals surface area contributed by atoms with Gasteiger partial charge in [0.25, 0.3) is 0 Å². The van der Waals surface area contributed by atoms with Crippen molar-refractivity contribution in [2.45, 2.75) is 25.1 Å². The van der Waals surface area contributed by atoms with E-state index in [-0.39, 0.29) is 4.83 Å². The average molecular weight is 356 g/mol. The number of hydrogen-bond acceptors (Lipinski definition) is 4. The van der Waals surface area contributed by atoms with E-state index < -0.39 is 0 Å². The molecule has 1 aromatic carbocycles. The number of methoxy groups -OCH3 is 2. The van der Waals surface area contributed by atoms with E-state index in [1.165, 1.54) is 10.4 Å². The highest BCUT2D eigenvalue weighted by atomic mass is 79.9. The van der Waals surface area contributed by atoms with Gasteiger partial charge in [-0.15, -0.1) is 11.3 Å². The van der Waals surface area contributed by atoms with Crippen LogP contribution in [-0.4, -0.2) is 19.2 Å². The summed E-state index contributed by atoms with van der Waals surface area (Å²) in [5, 5.41) is 1.11. The largest absolute Gasteiger partial charge is 0.493 e. The van der Waals surface area contributed by atoms with E-state index in [4.69, 9.17) is 9.47 Å². The van der Waals surface area contributed by atoms with Crippen molar-refractivity contribution < 1.29 is 9.47 Å². The van der Waals surface area contributed by atoms with E-state index in [9.17, 15) is 0 Å². The third-order valence-electron chi connectivity index (χ3n) is 3.09. The summed E-state index contributed by atoms with van der Waals surface area (Å²) in [7, 11) is 3.30. The molecule has 1 aromatic heterocycles. The lowest BCUT2D eigenvalue weighted by Gasteiger charge is -2.12. The molecule has 0 bridgehead atoms. The van der Waals surface area contributed by atoms with Gasteiger partial charge < -0.3 is 9.47 Å². The summed E-state index contributed by atoms with van der Waals surface area (Å²) in [5.41, 5.74) is 2.31. The van der Waals surface area contributed by atoms with Crippen molar-refractivity contribution in [3.05, 3.63) is 39.3 Å². The molecule has 0 N–H and O–H groups in total. The number of thiazole rings is 1. The molecular formula is C15H18BrNO2S. The second kappa shape index (κ2) is 6.59. The second-order valence-electron chi connectivity index (χ2n) is 4.54. The highest BCUT2D eigenvalue weighted by molar-refractivity contribution is 9.09. The maximum Gasteiger partial charge on any atom is 0.160 e. The first-order chi connectivity index (χ1) is 9.55. The molecule has 0 aliphatic heterocycles. The van der Waals surface area contributed by atoms with Crippen LogP contribution in [0, 0.1) is 13.8 Å². The normalized spacial score (nSPS) is 12.2. The van der Waals surface area contributed by atoms with Crippen LogP contribution in [0.4, 0.5) is 0 Å². The van der Waals surface area contributed by atoms with Crippen LogP contribution in [0.25, 0.3) is 0 Å². The summed E-state index contributed by atoms with van der Waals surface area (Å²) in [6.45, 7) is 4.10. The molecule has 1 atom stereocenters. The Morgan fingerprint density at radius 1 is 1.20 bits per heavy atom. The number of alkyl halides is 1. The van der Waals surface area contributed by atoms with Gasteiger partial charge in [-0.05, 0) is 38.0 Å². The fourth-order valence-electron chi connectivity index (χ4n) is 2.14. The molecular weight excluding hydrogens is 338 g/mol. The number of aryl methyl sites for hydroxylation is 2. The zero-order valence-electron chi connectivity index (χ0n) is 12.1. The second-order valence-corrected chi connectivity index (χ2v) is 6.88. The van der Waals surface area contributed by atoms with Crippen LogP contribution < -0.4 is 9.47 Å². The van der Waals surface area contributed by atoms with Gasteiger partial charge in [0, 0.05) is 4.88 Å². The highest BCUT2D eigenvalue weighted by Gasteiger charge is 2.16. The van der Waals surface area contributed by atoms with Crippen LogP contribution >= 0.6 is 27.3 Å². The van der Waals surface area contributed by atoms with Gasteiger partial charge in [0.15, 0.2) is 11.5 Å². The minimum Gasteiger partial charge on any atom is -0.493 e. The lowest BCUT2D eigenvalue weighted by atomic mass is 10.1. The Balaban J connectivity index is 2.19. The van der Waals surface area contributed by atoms with Crippen molar-refractivity contribution in [3.8, 4) is 11.5 Å². The van der Waals surface area contributed by atoms with E-state index in [0.29, 0.717) is 0 Å². The lowest BCUT2D eigenvalue weighted by molar-refractivity contribution is 0.354. The molecule has 0 spiro atoms. The number of benzene rings is 1. The van der Waals surface area contributed by atoms with Crippen molar-refractivity contribution in [1.82, 2.24) is 4.98 Å². The van der Waals surface area contributed by atoms with E-state index in [1.54, 1.807) is 25.6 Å². The number of rotatable bonds is 5. The van der Waals surface area contributed by atoms with Gasteiger partial charge in [-0.2, -0.15) is 0 Å². The van der Waals surface area contributed by atoms with E-state index >= 15 is 0 Å². The molecule has 0 aliphatic carbocycles. The Hall–Kier alpha value is -1.07. The van der Waals surface area contributed by atoms with Gasteiger partial charge >= 0.3 is 0 Å². The number of aromatic nitrogens is 1. The first kappa shape index (κ1) is 15.3. The lowest BCUT2D eigenvalue weighted by Crippen LogP contribution is -1.97. The molecule has 1 heterocycles. The minimum absolute atomic E-state index is 0.270. The summed E-state index contributed by atoms with van der Waals surface area (Å²) >= 11 is 5.51. The van der Waals surface area contributed by atoms with Gasteiger partial charge in [0.1, 0.15) is 0 Å². The number of nitrogens with zero attached hydrogens (tertiary/aromatic N) is 1. The molecule has 0 aliphatic rings. The fraction of sp³-hybridized carbons (Fsp3) is 0.400. The highest BCUT2D eigenvalue weighted by Crippen LogP contribution is 2.35. The molecule has 0 saturated carbocycles. The van der Waals surface area contributed by atoms with Gasteiger partial charge in [0.05, 0.1) is 29.7 Å². The van der Waals surface area contributed by atoms with Gasteiger partial charge in [-0.25, -0.2) is 4.98 Å². The van der Waals surface area contributed by atoms with Crippen LogP contribution in [0.5, 0.6) is 11.5 Å². The quantitative estimate of drug-likeness (QED) is 0.742. The van der Waals surface area contributed by atoms with Crippen molar-refractivity contribution in [3.63, 3.8) is 0 Å². The Morgan fingerprint density at radius 2 is 1.90 bits per heavy atom. The van der Waals surface area contributed by atoms with Crippen LogP contribution in [0.2, 0.25) is 0 Å². The first-order valence-corrected chi connectivity index (χ1v) is 8.07. The first-order valence-electron chi connectivity index (χ1n) is 6.34.